The maximum absolute atomic E-state index is 9.60. The maximum atomic E-state index is 9.60. The predicted octanol–water partition coefficient (Wildman–Crippen LogP) is 0.479. The minimum Gasteiger partial charge on any atom is -0.462 e. The second-order valence-corrected chi connectivity index (χ2v) is 4.38. The first-order valence-electron chi connectivity index (χ1n) is 4.96. The molecule has 1 N–H and O–H groups in total. The summed E-state index contributed by atoms with van der Waals surface area (Å²) in [5, 5.41) is 3.27. The molecule has 1 aliphatic heterocycles. The van der Waals surface area contributed by atoms with Crippen molar-refractivity contribution in [3.8, 4) is 0 Å². The summed E-state index contributed by atoms with van der Waals surface area (Å²) >= 11 is 0. The number of hydrogen-bond acceptors (Lipinski definition) is 4. The summed E-state index contributed by atoms with van der Waals surface area (Å²) in [4.78, 5) is 11.9. The fourth-order valence-electron chi connectivity index (χ4n) is 0.921. The molecule has 0 saturated carbocycles. The van der Waals surface area contributed by atoms with Gasteiger partial charge in [0.15, 0.2) is 0 Å². The van der Waals surface area contributed by atoms with Gasteiger partial charge in [-0.15, -0.1) is 0 Å². The Bertz CT molecular complexity index is 149. The van der Waals surface area contributed by atoms with E-state index in [-0.39, 0.29) is 5.60 Å². The molecule has 1 rings (SSSR count). The molecule has 4 nitrogen and oxygen atoms in total. The molecule has 0 unspecified atom stereocenters. The van der Waals surface area contributed by atoms with Crippen LogP contribution >= 0.6 is 0 Å². The molecule has 0 aromatic rings. The molecular formula is C10H22N2O2. The molecule has 14 heavy (non-hydrogen) atoms. The number of carbonyl (C=O) groups excluding carboxylic acids is 1. The third-order valence-electron chi connectivity index (χ3n) is 1.74. The van der Waals surface area contributed by atoms with Crippen LogP contribution in [0.1, 0.15) is 20.8 Å². The predicted molar refractivity (Wildman–Crippen MR) is 57.3 cm³/mol. The lowest BCUT2D eigenvalue weighted by Gasteiger charge is -2.21. The van der Waals surface area contributed by atoms with Crippen LogP contribution in [0.25, 0.3) is 0 Å². The first-order valence-corrected chi connectivity index (χ1v) is 4.96. The zero-order valence-electron chi connectivity index (χ0n) is 9.67. The van der Waals surface area contributed by atoms with Crippen LogP contribution in [-0.2, 0) is 9.53 Å². The summed E-state index contributed by atoms with van der Waals surface area (Å²) in [5.74, 6) is 0. The Labute approximate surface area is 86.6 Å². The molecule has 0 amide bonds. The number of hydrogen-bond donors (Lipinski definition) is 1. The Hall–Kier alpha value is -0.610. The zero-order chi connectivity index (χ0) is 11.0. The lowest BCUT2D eigenvalue weighted by atomic mass is 10.2. The van der Waals surface area contributed by atoms with Gasteiger partial charge in [-0.2, -0.15) is 0 Å². The van der Waals surface area contributed by atoms with Crippen molar-refractivity contribution in [3.05, 3.63) is 0 Å². The summed E-state index contributed by atoms with van der Waals surface area (Å²) in [6.07, 6.45) is 0. The van der Waals surface area contributed by atoms with Crippen molar-refractivity contribution in [1.82, 2.24) is 10.2 Å². The Kier molecular flexibility index (Phi) is 6.49. The third kappa shape index (κ3) is 9.48. The van der Waals surface area contributed by atoms with Crippen LogP contribution in [0.5, 0.6) is 0 Å². The van der Waals surface area contributed by atoms with Gasteiger partial charge in [-0.3, -0.25) is 4.79 Å². The molecule has 1 heterocycles. The van der Waals surface area contributed by atoms with Gasteiger partial charge in [0, 0.05) is 26.2 Å². The van der Waals surface area contributed by atoms with Gasteiger partial charge in [-0.1, -0.05) is 0 Å². The first kappa shape index (κ1) is 13.4. The van der Waals surface area contributed by atoms with Crippen LogP contribution in [0.2, 0.25) is 0 Å². The largest absolute Gasteiger partial charge is 0.462 e. The van der Waals surface area contributed by atoms with E-state index >= 15 is 0 Å². The summed E-state index contributed by atoms with van der Waals surface area (Å²) in [6.45, 7) is 10.7. The average Bonchev–Trinajstić information content (AvgIpc) is 2.04. The average molecular weight is 202 g/mol. The fourth-order valence-corrected chi connectivity index (χ4v) is 0.921. The lowest BCUT2D eigenvalue weighted by Crippen LogP contribution is -2.40. The van der Waals surface area contributed by atoms with Gasteiger partial charge in [0.05, 0.1) is 0 Å². The molecule has 84 valence electrons. The minimum absolute atomic E-state index is 0.318. The Morgan fingerprint density at radius 3 is 1.93 bits per heavy atom. The topological polar surface area (TPSA) is 41.6 Å². The standard InChI is InChI=1S/C5H12N2.C5H10O2/c1-7-4-2-6-3-5-7;1-5(2,3)7-4-6/h6H,2-5H2,1H3;4H,1-3H3. The highest BCUT2D eigenvalue weighted by Crippen LogP contribution is 2.02. The van der Waals surface area contributed by atoms with Crippen LogP contribution < -0.4 is 5.32 Å². The van der Waals surface area contributed by atoms with E-state index in [4.69, 9.17) is 0 Å². The minimum atomic E-state index is -0.318. The number of likely N-dealkylation sites (N-methyl/N-ethyl adjacent to an activating group) is 1. The second kappa shape index (κ2) is 6.79. The Morgan fingerprint density at radius 1 is 1.29 bits per heavy atom. The molecule has 0 bridgehead atoms. The number of nitrogens with one attached hydrogen (secondary N) is 1. The van der Waals surface area contributed by atoms with Gasteiger partial charge in [0.25, 0.3) is 6.47 Å². The Morgan fingerprint density at radius 2 is 1.79 bits per heavy atom. The van der Waals surface area contributed by atoms with E-state index in [1.807, 2.05) is 20.8 Å². The molecule has 0 spiro atoms. The number of nitrogens with zero attached hydrogens (tertiary/aromatic N) is 1. The quantitative estimate of drug-likeness (QED) is 0.628. The molecular weight excluding hydrogens is 180 g/mol. The number of carbonyl (C=O) groups is 1. The van der Waals surface area contributed by atoms with Crippen molar-refractivity contribution in [3.63, 3.8) is 0 Å². The number of rotatable bonds is 1. The van der Waals surface area contributed by atoms with Crippen molar-refractivity contribution < 1.29 is 9.53 Å². The van der Waals surface area contributed by atoms with E-state index in [1.54, 1.807) is 0 Å². The summed E-state index contributed by atoms with van der Waals surface area (Å²) in [6, 6.07) is 0. The summed E-state index contributed by atoms with van der Waals surface area (Å²) in [7, 11) is 2.15. The molecule has 0 aromatic heterocycles. The number of piperazine rings is 1. The molecule has 0 radical (unpaired) electrons. The van der Waals surface area contributed by atoms with E-state index < -0.39 is 0 Å². The normalized spacial score (nSPS) is 18.0. The van der Waals surface area contributed by atoms with E-state index in [0.717, 1.165) is 13.1 Å². The molecule has 1 saturated heterocycles. The van der Waals surface area contributed by atoms with Crippen LogP contribution in [-0.4, -0.2) is 50.2 Å². The molecule has 4 heteroatoms. The number of ether oxygens (including phenoxy) is 1. The SMILES string of the molecule is CC(C)(C)OC=O.CN1CCNCC1. The molecule has 1 aliphatic rings. The fraction of sp³-hybridized carbons (Fsp3) is 0.900. The second-order valence-electron chi connectivity index (χ2n) is 4.38. The van der Waals surface area contributed by atoms with Crippen LogP contribution in [0.3, 0.4) is 0 Å². The molecule has 0 atom stereocenters. The zero-order valence-corrected chi connectivity index (χ0v) is 9.67. The Balaban J connectivity index is 0.000000241. The third-order valence-corrected chi connectivity index (χ3v) is 1.74. The van der Waals surface area contributed by atoms with Gasteiger partial charge < -0.3 is 15.0 Å². The highest BCUT2D eigenvalue weighted by atomic mass is 16.5. The van der Waals surface area contributed by atoms with Crippen molar-refractivity contribution in [2.45, 2.75) is 26.4 Å². The summed E-state index contributed by atoms with van der Waals surface area (Å²) < 4.78 is 4.55. The molecule has 0 aliphatic carbocycles. The highest BCUT2D eigenvalue weighted by molar-refractivity contribution is 5.37. The van der Waals surface area contributed by atoms with E-state index in [0.29, 0.717) is 6.47 Å². The van der Waals surface area contributed by atoms with Crippen molar-refractivity contribution in [2.75, 3.05) is 33.2 Å². The highest BCUT2D eigenvalue weighted by Gasteiger charge is 2.07. The van der Waals surface area contributed by atoms with Crippen LogP contribution in [0.4, 0.5) is 0 Å². The van der Waals surface area contributed by atoms with Gasteiger partial charge in [0.2, 0.25) is 0 Å². The maximum Gasteiger partial charge on any atom is 0.293 e. The van der Waals surface area contributed by atoms with Crippen LogP contribution in [0.15, 0.2) is 0 Å². The van der Waals surface area contributed by atoms with Crippen molar-refractivity contribution in [2.24, 2.45) is 0 Å². The van der Waals surface area contributed by atoms with Gasteiger partial charge in [-0.25, -0.2) is 0 Å². The van der Waals surface area contributed by atoms with Gasteiger partial charge in [-0.05, 0) is 27.8 Å². The van der Waals surface area contributed by atoms with E-state index in [9.17, 15) is 4.79 Å². The smallest absolute Gasteiger partial charge is 0.293 e. The van der Waals surface area contributed by atoms with Crippen molar-refractivity contribution >= 4 is 6.47 Å². The van der Waals surface area contributed by atoms with Crippen LogP contribution in [0, 0.1) is 0 Å². The molecule has 1 fully saturated rings. The first-order chi connectivity index (χ1) is 6.45. The van der Waals surface area contributed by atoms with Gasteiger partial charge in [0.1, 0.15) is 5.60 Å². The monoisotopic (exact) mass is 202 g/mol. The lowest BCUT2D eigenvalue weighted by molar-refractivity contribution is -0.138. The van der Waals surface area contributed by atoms with Crippen molar-refractivity contribution in [1.29, 1.82) is 0 Å². The summed E-state index contributed by atoms with van der Waals surface area (Å²) in [5.41, 5.74) is -0.318. The van der Waals surface area contributed by atoms with E-state index in [1.165, 1.54) is 13.1 Å². The molecule has 0 aromatic carbocycles. The van der Waals surface area contributed by atoms with E-state index in [2.05, 4.69) is 22.0 Å². The van der Waals surface area contributed by atoms with Gasteiger partial charge >= 0.3 is 0 Å².